The standard InChI is InChI=1S/C20H30N4O3/c21-19(26)10-17-13-24(14-18(17)25)20(27)22-11-15-6-8-23(9-7-15)12-16-4-2-1-3-5-16/h1-5,15,17-18,25H,6-14H2,(H2,21,26)(H,22,27)/t17-,18-/m1/s1. The maximum atomic E-state index is 12.3. The Balaban J connectivity index is 1.36. The predicted octanol–water partition coefficient (Wildman–Crippen LogP) is 0.776. The van der Waals surface area contributed by atoms with Crippen LogP contribution in [0.1, 0.15) is 24.8 Å². The number of amides is 3. The number of nitrogens with one attached hydrogen (secondary N) is 1. The van der Waals surface area contributed by atoms with Crippen LogP contribution in [0.25, 0.3) is 0 Å². The summed E-state index contributed by atoms with van der Waals surface area (Å²) in [6, 6.07) is 10.3. The van der Waals surface area contributed by atoms with Crippen molar-refractivity contribution in [2.75, 3.05) is 32.7 Å². The van der Waals surface area contributed by atoms with Gasteiger partial charge in [-0.15, -0.1) is 0 Å². The molecule has 2 fully saturated rings. The Morgan fingerprint density at radius 2 is 1.85 bits per heavy atom. The van der Waals surface area contributed by atoms with Crippen LogP contribution in [-0.2, 0) is 11.3 Å². The molecule has 0 unspecified atom stereocenters. The first-order chi connectivity index (χ1) is 13.0. The average molecular weight is 374 g/mol. The molecule has 3 amide bonds. The van der Waals surface area contributed by atoms with Crippen molar-refractivity contribution >= 4 is 11.9 Å². The van der Waals surface area contributed by atoms with Gasteiger partial charge in [0, 0.05) is 38.5 Å². The molecule has 2 aliphatic heterocycles. The van der Waals surface area contributed by atoms with E-state index in [0.29, 0.717) is 19.0 Å². The number of benzene rings is 1. The average Bonchev–Trinajstić information content (AvgIpc) is 3.02. The molecule has 27 heavy (non-hydrogen) atoms. The summed E-state index contributed by atoms with van der Waals surface area (Å²) in [7, 11) is 0. The highest BCUT2D eigenvalue weighted by Crippen LogP contribution is 2.21. The van der Waals surface area contributed by atoms with Crippen molar-refractivity contribution in [3.05, 3.63) is 35.9 Å². The number of nitrogens with zero attached hydrogens (tertiary/aromatic N) is 2. The lowest BCUT2D eigenvalue weighted by Gasteiger charge is -2.32. The Kier molecular flexibility index (Phi) is 6.68. The van der Waals surface area contributed by atoms with Crippen LogP contribution in [0.15, 0.2) is 30.3 Å². The number of hydrogen-bond donors (Lipinski definition) is 3. The Hall–Kier alpha value is -2.12. The number of aliphatic hydroxyl groups excluding tert-OH is 1. The van der Waals surface area contributed by atoms with Crippen molar-refractivity contribution in [1.29, 1.82) is 0 Å². The molecule has 0 spiro atoms. The minimum atomic E-state index is -0.676. The van der Waals surface area contributed by atoms with Crippen molar-refractivity contribution in [2.24, 2.45) is 17.6 Å². The number of β-amino-alcohol motifs (C(OH)–C–C–N with tert-alkyl or cyclic N) is 1. The van der Waals surface area contributed by atoms with E-state index in [1.807, 2.05) is 6.07 Å². The molecule has 0 radical (unpaired) electrons. The van der Waals surface area contributed by atoms with Gasteiger partial charge in [-0.1, -0.05) is 30.3 Å². The lowest BCUT2D eigenvalue weighted by atomic mass is 9.96. The van der Waals surface area contributed by atoms with Crippen LogP contribution in [0.2, 0.25) is 0 Å². The minimum Gasteiger partial charge on any atom is -0.391 e. The van der Waals surface area contributed by atoms with Crippen molar-refractivity contribution in [1.82, 2.24) is 15.1 Å². The maximum absolute atomic E-state index is 12.3. The van der Waals surface area contributed by atoms with Gasteiger partial charge in [0.2, 0.25) is 5.91 Å². The number of rotatable bonds is 6. The molecule has 7 nitrogen and oxygen atoms in total. The first kappa shape index (κ1) is 19.6. The van der Waals surface area contributed by atoms with E-state index in [-0.39, 0.29) is 24.9 Å². The summed E-state index contributed by atoms with van der Waals surface area (Å²) in [5, 5.41) is 13.0. The van der Waals surface area contributed by atoms with Crippen LogP contribution < -0.4 is 11.1 Å². The van der Waals surface area contributed by atoms with Crippen LogP contribution >= 0.6 is 0 Å². The van der Waals surface area contributed by atoms with Gasteiger partial charge in [0.25, 0.3) is 0 Å². The normalized spacial score (nSPS) is 24.1. The first-order valence-electron chi connectivity index (χ1n) is 9.76. The maximum Gasteiger partial charge on any atom is 0.317 e. The zero-order chi connectivity index (χ0) is 19.2. The molecule has 3 rings (SSSR count). The molecule has 2 saturated heterocycles. The highest BCUT2D eigenvalue weighted by molar-refractivity contribution is 5.76. The quantitative estimate of drug-likeness (QED) is 0.685. The molecule has 4 N–H and O–H groups in total. The molecular weight excluding hydrogens is 344 g/mol. The van der Waals surface area contributed by atoms with Gasteiger partial charge in [-0.05, 0) is 37.4 Å². The fourth-order valence-corrected chi connectivity index (χ4v) is 4.01. The van der Waals surface area contributed by atoms with Gasteiger partial charge in [-0.2, -0.15) is 0 Å². The van der Waals surface area contributed by atoms with Crippen molar-refractivity contribution < 1.29 is 14.7 Å². The lowest BCUT2D eigenvalue weighted by Crippen LogP contribution is -2.43. The predicted molar refractivity (Wildman–Crippen MR) is 103 cm³/mol. The third kappa shape index (κ3) is 5.68. The zero-order valence-corrected chi connectivity index (χ0v) is 15.7. The summed E-state index contributed by atoms with van der Waals surface area (Å²) in [6.45, 7) is 4.36. The fraction of sp³-hybridized carbons (Fsp3) is 0.600. The highest BCUT2D eigenvalue weighted by Gasteiger charge is 2.35. The Morgan fingerprint density at radius 3 is 2.52 bits per heavy atom. The number of likely N-dealkylation sites (tertiary alicyclic amines) is 2. The van der Waals surface area contributed by atoms with E-state index in [1.165, 1.54) is 5.56 Å². The number of urea groups is 1. The van der Waals surface area contributed by atoms with Gasteiger partial charge < -0.3 is 21.1 Å². The second-order valence-electron chi connectivity index (χ2n) is 7.79. The summed E-state index contributed by atoms with van der Waals surface area (Å²) in [4.78, 5) is 27.4. The number of piperidine rings is 1. The smallest absolute Gasteiger partial charge is 0.317 e. The second-order valence-corrected chi connectivity index (χ2v) is 7.79. The van der Waals surface area contributed by atoms with Crippen LogP contribution in [0.4, 0.5) is 4.79 Å². The molecule has 2 heterocycles. The topological polar surface area (TPSA) is 98.9 Å². The number of primary amides is 1. The Morgan fingerprint density at radius 1 is 1.15 bits per heavy atom. The monoisotopic (exact) mass is 374 g/mol. The van der Waals surface area contributed by atoms with Crippen molar-refractivity contribution in [2.45, 2.75) is 31.9 Å². The van der Waals surface area contributed by atoms with Gasteiger partial charge in [-0.25, -0.2) is 4.79 Å². The molecule has 7 heteroatoms. The van der Waals surface area contributed by atoms with Gasteiger partial charge >= 0.3 is 6.03 Å². The number of carbonyl (C=O) groups is 2. The number of nitrogens with two attached hydrogens (primary N) is 1. The van der Waals surface area contributed by atoms with E-state index in [0.717, 1.165) is 32.5 Å². The van der Waals surface area contributed by atoms with E-state index < -0.39 is 12.0 Å². The fourth-order valence-electron chi connectivity index (χ4n) is 4.01. The molecule has 1 aromatic rings. The Labute approximate surface area is 160 Å². The number of aliphatic hydroxyl groups is 1. The minimum absolute atomic E-state index is 0.116. The molecule has 0 bridgehead atoms. The summed E-state index contributed by atoms with van der Waals surface area (Å²) in [5.41, 5.74) is 6.53. The summed E-state index contributed by atoms with van der Waals surface area (Å²) >= 11 is 0. The van der Waals surface area contributed by atoms with E-state index in [4.69, 9.17) is 5.73 Å². The third-order valence-corrected chi connectivity index (χ3v) is 5.66. The molecule has 0 saturated carbocycles. The third-order valence-electron chi connectivity index (χ3n) is 5.66. The van der Waals surface area contributed by atoms with E-state index in [1.54, 1.807) is 4.90 Å². The molecule has 148 valence electrons. The van der Waals surface area contributed by atoms with Crippen molar-refractivity contribution in [3.63, 3.8) is 0 Å². The lowest BCUT2D eigenvalue weighted by molar-refractivity contribution is -0.119. The van der Waals surface area contributed by atoms with Gasteiger partial charge in [0.15, 0.2) is 0 Å². The van der Waals surface area contributed by atoms with E-state index in [2.05, 4.69) is 34.5 Å². The van der Waals surface area contributed by atoms with Crippen LogP contribution in [-0.4, -0.2) is 65.7 Å². The molecule has 2 aliphatic rings. The highest BCUT2D eigenvalue weighted by atomic mass is 16.3. The molecular formula is C20H30N4O3. The van der Waals surface area contributed by atoms with E-state index in [9.17, 15) is 14.7 Å². The summed E-state index contributed by atoms with van der Waals surface area (Å²) in [5.74, 6) is -0.215. The zero-order valence-electron chi connectivity index (χ0n) is 15.7. The first-order valence-corrected chi connectivity index (χ1v) is 9.76. The van der Waals surface area contributed by atoms with Crippen LogP contribution in [0, 0.1) is 11.8 Å². The summed E-state index contributed by atoms with van der Waals surface area (Å²) < 4.78 is 0. The second kappa shape index (κ2) is 9.19. The van der Waals surface area contributed by atoms with Crippen molar-refractivity contribution in [3.8, 4) is 0 Å². The van der Waals surface area contributed by atoms with E-state index >= 15 is 0 Å². The van der Waals surface area contributed by atoms with Crippen LogP contribution in [0.3, 0.4) is 0 Å². The number of carbonyl (C=O) groups excluding carboxylic acids is 2. The molecule has 2 atom stereocenters. The van der Waals surface area contributed by atoms with Gasteiger partial charge in [-0.3, -0.25) is 9.69 Å². The molecule has 0 aromatic heterocycles. The molecule has 1 aromatic carbocycles. The van der Waals surface area contributed by atoms with Gasteiger partial charge in [0.1, 0.15) is 0 Å². The number of hydrogen-bond acceptors (Lipinski definition) is 4. The SMILES string of the molecule is NC(=O)C[C@@H]1CN(C(=O)NCC2CCN(Cc3ccccc3)CC2)C[C@H]1O. The Bertz CT molecular complexity index is 631. The largest absolute Gasteiger partial charge is 0.391 e. The van der Waals surface area contributed by atoms with Crippen LogP contribution in [0.5, 0.6) is 0 Å². The van der Waals surface area contributed by atoms with Gasteiger partial charge in [0.05, 0.1) is 6.10 Å². The summed E-state index contributed by atoms with van der Waals surface area (Å²) in [6.07, 6.45) is 1.58. The molecule has 0 aliphatic carbocycles.